The van der Waals surface area contributed by atoms with E-state index >= 15 is 0 Å². The molecular formula is C15H19N3O2. The van der Waals surface area contributed by atoms with E-state index in [9.17, 15) is 10.1 Å². The fraction of sp³-hybridized carbons (Fsp3) is 0.333. The normalized spacial score (nSPS) is 11.0. The maximum absolute atomic E-state index is 11.1. The summed E-state index contributed by atoms with van der Waals surface area (Å²) >= 11 is 0. The minimum atomic E-state index is -0.325. The molecule has 0 aliphatic rings. The Morgan fingerprint density at radius 3 is 2.30 bits per heavy atom. The number of anilines is 1. The molecule has 5 heteroatoms. The van der Waals surface area contributed by atoms with Gasteiger partial charge in [0, 0.05) is 23.7 Å². The van der Waals surface area contributed by atoms with Gasteiger partial charge in [0.1, 0.15) is 0 Å². The van der Waals surface area contributed by atoms with Crippen molar-refractivity contribution in [3.8, 4) is 0 Å². The third-order valence-corrected chi connectivity index (χ3v) is 3.25. The highest BCUT2D eigenvalue weighted by Gasteiger charge is 2.16. The summed E-state index contributed by atoms with van der Waals surface area (Å²) in [5.74, 6) is 0. The van der Waals surface area contributed by atoms with E-state index in [1.807, 2.05) is 38.4 Å². The summed E-state index contributed by atoms with van der Waals surface area (Å²) in [5.41, 5.74) is 1.19. The number of hydrogen-bond donors (Lipinski definition) is 0. The molecule has 0 fully saturated rings. The van der Waals surface area contributed by atoms with Crippen LogP contribution in [0.2, 0.25) is 0 Å². The van der Waals surface area contributed by atoms with Crippen LogP contribution in [0.4, 0.5) is 11.4 Å². The first kappa shape index (κ1) is 14.3. The first-order valence-corrected chi connectivity index (χ1v) is 6.60. The molecule has 0 spiro atoms. The predicted octanol–water partition coefficient (Wildman–Crippen LogP) is 3.09. The summed E-state index contributed by atoms with van der Waals surface area (Å²) < 4.78 is 0. The molecule has 2 aromatic carbocycles. The average Bonchev–Trinajstić information content (AvgIpc) is 2.43. The van der Waals surface area contributed by atoms with Crippen LogP contribution in [-0.4, -0.2) is 37.1 Å². The van der Waals surface area contributed by atoms with E-state index < -0.39 is 0 Å². The Bertz CT molecular complexity index is 626. The lowest BCUT2D eigenvalue weighted by molar-refractivity contribution is -0.383. The number of nitro groups is 1. The number of nitro benzene ring substituents is 1. The second-order valence-corrected chi connectivity index (χ2v) is 4.98. The lowest BCUT2D eigenvalue weighted by Gasteiger charge is -2.27. The van der Waals surface area contributed by atoms with Crippen LogP contribution in [0.1, 0.15) is 6.92 Å². The molecule has 2 rings (SSSR count). The average molecular weight is 273 g/mol. The van der Waals surface area contributed by atoms with Crippen molar-refractivity contribution in [1.82, 2.24) is 4.90 Å². The molecule has 0 aliphatic carbocycles. The van der Waals surface area contributed by atoms with Crippen LogP contribution in [-0.2, 0) is 0 Å². The smallest absolute Gasteiger partial charge is 0.277 e. The molecular weight excluding hydrogens is 254 g/mol. The SMILES string of the molecule is CCN(CN(C)C)c1ccc([N+](=O)[O-])c2ccccc12. The van der Waals surface area contributed by atoms with E-state index in [-0.39, 0.29) is 10.6 Å². The molecule has 0 saturated carbocycles. The Morgan fingerprint density at radius 1 is 1.10 bits per heavy atom. The van der Waals surface area contributed by atoms with Gasteiger partial charge in [-0.3, -0.25) is 15.0 Å². The van der Waals surface area contributed by atoms with Crippen molar-refractivity contribution in [1.29, 1.82) is 0 Å². The van der Waals surface area contributed by atoms with E-state index in [1.54, 1.807) is 12.1 Å². The molecule has 0 atom stereocenters. The van der Waals surface area contributed by atoms with Crippen molar-refractivity contribution in [2.75, 3.05) is 32.2 Å². The maximum atomic E-state index is 11.1. The van der Waals surface area contributed by atoms with E-state index in [4.69, 9.17) is 0 Å². The topological polar surface area (TPSA) is 49.6 Å². The number of nitrogens with zero attached hydrogens (tertiary/aromatic N) is 3. The molecule has 2 aromatic rings. The fourth-order valence-electron chi connectivity index (χ4n) is 2.39. The molecule has 20 heavy (non-hydrogen) atoms. The minimum absolute atomic E-state index is 0.158. The highest BCUT2D eigenvalue weighted by molar-refractivity contribution is 6.00. The lowest BCUT2D eigenvalue weighted by atomic mass is 10.1. The standard InChI is InChI=1S/C15H19N3O2/c1-4-17(11-16(2)3)14-9-10-15(18(19)20)13-8-6-5-7-12(13)14/h5-10H,4,11H2,1-3H3. The summed E-state index contributed by atoms with van der Waals surface area (Å²) in [6, 6.07) is 10.9. The molecule has 106 valence electrons. The van der Waals surface area contributed by atoms with Crippen molar-refractivity contribution in [3.63, 3.8) is 0 Å². The molecule has 0 radical (unpaired) electrons. The first-order valence-electron chi connectivity index (χ1n) is 6.60. The number of rotatable bonds is 5. The number of hydrogen-bond acceptors (Lipinski definition) is 4. The van der Waals surface area contributed by atoms with Gasteiger partial charge in [-0.1, -0.05) is 18.2 Å². The summed E-state index contributed by atoms with van der Waals surface area (Å²) in [6.45, 7) is 3.71. The van der Waals surface area contributed by atoms with Crippen molar-refractivity contribution in [2.45, 2.75) is 6.92 Å². The number of non-ortho nitro benzene ring substituents is 1. The minimum Gasteiger partial charge on any atom is -0.358 e. The van der Waals surface area contributed by atoms with Crippen molar-refractivity contribution < 1.29 is 4.92 Å². The van der Waals surface area contributed by atoms with E-state index in [0.29, 0.717) is 5.39 Å². The number of fused-ring (bicyclic) bond motifs is 1. The zero-order chi connectivity index (χ0) is 14.7. The fourth-order valence-corrected chi connectivity index (χ4v) is 2.39. The Morgan fingerprint density at radius 2 is 1.75 bits per heavy atom. The van der Waals surface area contributed by atoms with Gasteiger partial charge in [0.2, 0.25) is 0 Å². The van der Waals surface area contributed by atoms with Crippen LogP contribution in [0.5, 0.6) is 0 Å². The molecule has 0 bridgehead atoms. The van der Waals surface area contributed by atoms with Crippen LogP contribution in [0.3, 0.4) is 0 Å². The van der Waals surface area contributed by atoms with E-state index in [0.717, 1.165) is 24.3 Å². The molecule has 5 nitrogen and oxygen atoms in total. The summed E-state index contributed by atoms with van der Waals surface area (Å²) in [6.07, 6.45) is 0. The largest absolute Gasteiger partial charge is 0.358 e. The lowest BCUT2D eigenvalue weighted by Crippen LogP contribution is -2.33. The van der Waals surface area contributed by atoms with Crippen LogP contribution < -0.4 is 4.90 Å². The first-order chi connectivity index (χ1) is 9.54. The highest BCUT2D eigenvalue weighted by atomic mass is 16.6. The van der Waals surface area contributed by atoms with Gasteiger partial charge in [-0.05, 0) is 33.2 Å². The Labute approximate surface area is 118 Å². The summed E-state index contributed by atoms with van der Waals surface area (Å²) in [7, 11) is 4.02. The highest BCUT2D eigenvalue weighted by Crippen LogP contribution is 2.33. The van der Waals surface area contributed by atoms with E-state index in [1.165, 1.54) is 0 Å². The Hall–Kier alpha value is -2.14. The molecule has 0 heterocycles. The van der Waals surface area contributed by atoms with Gasteiger partial charge >= 0.3 is 0 Å². The van der Waals surface area contributed by atoms with Crippen molar-refractivity contribution in [3.05, 3.63) is 46.5 Å². The van der Waals surface area contributed by atoms with Crippen LogP contribution >= 0.6 is 0 Å². The third kappa shape index (κ3) is 2.72. The monoisotopic (exact) mass is 273 g/mol. The Balaban J connectivity index is 2.60. The molecule has 0 aliphatic heterocycles. The van der Waals surface area contributed by atoms with Gasteiger partial charge in [-0.2, -0.15) is 0 Å². The van der Waals surface area contributed by atoms with E-state index in [2.05, 4.69) is 16.7 Å². The van der Waals surface area contributed by atoms with Gasteiger partial charge in [0.05, 0.1) is 17.0 Å². The maximum Gasteiger partial charge on any atom is 0.277 e. The van der Waals surface area contributed by atoms with Gasteiger partial charge in [-0.15, -0.1) is 0 Å². The van der Waals surface area contributed by atoms with Gasteiger partial charge in [0.25, 0.3) is 5.69 Å². The van der Waals surface area contributed by atoms with Crippen molar-refractivity contribution >= 4 is 22.1 Å². The second kappa shape index (κ2) is 5.88. The molecule has 0 unspecified atom stereocenters. The van der Waals surface area contributed by atoms with Crippen LogP contribution in [0, 0.1) is 10.1 Å². The summed E-state index contributed by atoms with van der Waals surface area (Å²) in [4.78, 5) is 15.1. The zero-order valence-corrected chi connectivity index (χ0v) is 12.0. The summed E-state index contributed by atoms with van der Waals surface area (Å²) in [5, 5.41) is 12.7. The third-order valence-electron chi connectivity index (χ3n) is 3.25. The van der Waals surface area contributed by atoms with Crippen LogP contribution in [0.15, 0.2) is 36.4 Å². The van der Waals surface area contributed by atoms with Crippen molar-refractivity contribution in [2.24, 2.45) is 0 Å². The molecule has 0 aromatic heterocycles. The molecule has 0 saturated heterocycles. The second-order valence-electron chi connectivity index (χ2n) is 4.98. The van der Waals surface area contributed by atoms with Crippen LogP contribution in [0.25, 0.3) is 10.8 Å². The molecule has 0 amide bonds. The number of benzene rings is 2. The quantitative estimate of drug-likeness (QED) is 0.477. The Kier molecular flexibility index (Phi) is 4.20. The zero-order valence-electron chi connectivity index (χ0n) is 12.0. The van der Waals surface area contributed by atoms with Gasteiger partial charge < -0.3 is 4.90 Å². The van der Waals surface area contributed by atoms with Gasteiger partial charge in [-0.25, -0.2) is 0 Å². The van der Waals surface area contributed by atoms with Gasteiger partial charge in [0.15, 0.2) is 0 Å². The molecule has 0 N–H and O–H groups in total. The predicted molar refractivity (Wildman–Crippen MR) is 82.2 cm³/mol.